The summed E-state index contributed by atoms with van der Waals surface area (Å²) in [7, 11) is 0. The Morgan fingerprint density at radius 3 is 2.63 bits per heavy atom. The molecule has 0 fully saturated rings. The van der Waals surface area contributed by atoms with Crippen LogP contribution in [0.15, 0.2) is 40.9 Å². The first kappa shape index (κ1) is 14.2. The maximum atomic E-state index is 9.08. The molecule has 0 heterocycles. The third kappa shape index (κ3) is 3.42. The quantitative estimate of drug-likeness (QED) is 0.756. The average Bonchev–Trinajstić information content (AvgIpc) is 2.38. The van der Waals surface area contributed by atoms with Crippen LogP contribution in [0.25, 0.3) is 0 Å². The molecular formula is C14H8BrCl2NO. The molecule has 0 saturated carbocycles. The zero-order valence-corrected chi connectivity index (χ0v) is 12.8. The Balaban J connectivity index is 2.26. The molecule has 0 aromatic heterocycles. The van der Waals surface area contributed by atoms with Crippen molar-refractivity contribution in [2.24, 2.45) is 0 Å². The predicted molar refractivity (Wildman–Crippen MR) is 79.7 cm³/mol. The second kappa shape index (κ2) is 6.29. The highest BCUT2D eigenvalue weighted by Gasteiger charge is 2.11. The Hall–Kier alpha value is -1.21. The van der Waals surface area contributed by atoms with E-state index in [9.17, 15) is 0 Å². The minimum absolute atomic E-state index is 0.286. The summed E-state index contributed by atoms with van der Waals surface area (Å²) in [6, 6.07) is 12.7. The highest BCUT2D eigenvalue weighted by Crippen LogP contribution is 2.33. The molecule has 0 bridgehead atoms. The molecule has 0 aliphatic carbocycles. The van der Waals surface area contributed by atoms with E-state index in [0.717, 1.165) is 5.56 Å². The van der Waals surface area contributed by atoms with Crippen molar-refractivity contribution in [3.8, 4) is 11.8 Å². The number of hydrogen-bond acceptors (Lipinski definition) is 2. The van der Waals surface area contributed by atoms with Gasteiger partial charge in [0.15, 0.2) is 5.75 Å². The van der Waals surface area contributed by atoms with Crippen molar-refractivity contribution in [3.63, 3.8) is 0 Å². The standard InChI is InChI=1S/C14H8BrCl2NO/c15-12-6-11(16)5-10(7-18)14(12)19-8-9-3-1-2-4-13(9)17/h1-6H,8H2. The molecule has 0 aliphatic heterocycles. The Kier molecular flexibility index (Phi) is 4.71. The first-order valence-electron chi connectivity index (χ1n) is 5.37. The van der Waals surface area contributed by atoms with Crippen molar-refractivity contribution >= 4 is 39.1 Å². The van der Waals surface area contributed by atoms with Crippen LogP contribution in [0, 0.1) is 11.3 Å². The molecule has 5 heteroatoms. The van der Waals surface area contributed by atoms with E-state index >= 15 is 0 Å². The van der Waals surface area contributed by atoms with Gasteiger partial charge in [0.25, 0.3) is 0 Å². The van der Waals surface area contributed by atoms with Crippen LogP contribution in [0.2, 0.25) is 10.0 Å². The molecule has 0 atom stereocenters. The maximum Gasteiger partial charge on any atom is 0.151 e. The summed E-state index contributed by atoms with van der Waals surface area (Å²) >= 11 is 15.3. The van der Waals surface area contributed by atoms with Crippen molar-refractivity contribution < 1.29 is 4.74 Å². The predicted octanol–water partition coefficient (Wildman–Crippen LogP) is 5.21. The fourth-order valence-corrected chi connectivity index (χ4v) is 2.67. The summed E-state index contributed by atoms with van der Waals surface area (Å²) in [5.74, 6) is 0.465. The summed E-state index contributed by atoms with van der Waals surface area (Å²) < 4.78 is 6.31. The topological polar surface area (TPSA) is 33.0 Å². The van der Waals surface area contributed by atoms with Crippen LogP contribution >= 0.6 is 39.1 Å². The van der Waals surface area contributed by atoms with E-state index in [1.807, 2.05) is 18.2 Å². The largest absolute Gasteiger partial charge is 0.486 e. The van der Waals surface area contributed by atoms with E-state index in [1.54, 1.807) is 18.2 Å². The number of nitriles is 1. The number of nitrogens with zero attached hydrogens (tertiary/aromatic N) is 1. The summed E-state index contributed by atoms with van der Waals surface area (Å²) in [6.07, 6.45) is 0. The molecule has 0 spiro atoms. The van der Waals surface area contributed by atoms with Crippen LogP contribution < -0.4 is 4.74 Å². The minimum Gasteiger partial charge on any atom is -0.486 e. The number of halogens is 3. The Labute approximate surface area is 129 Å². The van der Waals surface area contributed by atoms with E-state index in [1.165, 1.54) is 0 Å². The second-order valence-electron chi connectivity index (χ2n) is 3.76. The highest BCUT2D eigenvalue weighted by atomic mass is 79.9. The molecule has 0 unspecified atom stereocenters. The van der Waals surface area contributed by atoms with Crippen molar-refractivity contribution in [2.75, 3.05) is 0 Å². The van der Waals surface area contributed by atoms with Crippen LogP contribution in [0.1, 0.15) is 11.1 Å². The van der Waals surface area contributed by atoms with Crippen molar-refractivity contribution in [2.45, 2.75) is 6.61 Å². The van der Waals surface area contributed by atoms with E-state index in [-0.39, 0.29) is 6.61 Å². The van der Waals surface area contributed by atoms with Crippen LogP contribution in [0.5, 0.6) is 5.75 Å². The van der Waals surface area contributed by atoms with E-state index in [2.05, 4.69) is 22.0 Å². The molecule has 96 valence electrons. The molecule has 0 radical (unpaired) electrons. The minimum atomic E-state index is 0.286. The monoisotopic (exact) mass is 355 g/mol. The SMILES string of the molecule is N#Cc1cc(Cl)cc(Br)c1OCc1ccccc1Cl. The first-order valence-corrected chi connectivity index (χ1v) is 6.92. The Bertz CT molecular complexity index is 652. The van der Waals surface area contributed by atoms with Gasteiger partial charge in [-0.15, -0.1) is 0 Å². The maximum absolute atomic E-state index is 9.08. The second-order valence-corrected chi connectivity index (χ2v) is 5.45. The molecule has 2 nitrogen and oxygen atoms in total. The number of benzene rings is 2. The lowest BCUT2D eigenvalue weighted by Gasteiger charge is -2.11. The van der Waals surface area contributed by atoms with Crippen LogP contribution in [-0.2, 0) is 6.61 Å². The van der Waals surface area contributed by atoms with Crippen molar-refractivity contribution in [1.82, 2.24) is 0 Å². The van der Waals surface area contributed by atoms with Gasteiger partial charge < -0.3 is 4.74 Å². The molecule has 2 aromatic rings. The van der Waals surface area contributed by atoms with Gasteiger partial charge >= 0.3 is 0 Å². The Morgan fingerprint density at radius 1 is 1.21 bits per heavy atom. The van der Waals surface area contributed by atoms with Crippen LogP contribution in [0.4, 0.5) is 0 Å². The van der Waals surface area contributed by atoms with Gasteiger partial charge in [0.05, 0.1) is 10.0 Å². The van der Waals surface area contributed by atoms with Crippen LogP contribution in [-0.4, -0.2) is 0 Å². The number of hydrogen-bond donors (Lipinski definition) is 0. The van der Waals surface area contributed by atoms with Gasteiger partial charge in [-0.1, -0.05) is 41.4 Å². The van der Waals surface area contributed by atoms with Gasteiger partial charge in [0.2, 0.25) is 0 Å². The lowest BCUT2D eigenvalue weighted by atomic mass is 10.2. The Morgan fingerprint density at radius 2 is 1.95 bits per heavy atom. The molecule has 19 heavy (non-hydrogen) atoms. The summed E-state index contributed by atoms with van der Waals surface area (Å²) in [5, 5.41) is 10.2. The molecule has 0 N–H and O–H groups in total. The van der Waals surface area contributed by atoms with Gasteiger partial charge in [0, 0.05) is 15.6 Å². The summed E-state index contributed by atoms with van der Waals surface area (Å²) in [4.78, 5) is 0. The third-order valence-electron chi connectivity index (χ3n) is 2.46. The molecule has 0 saturated heterocycles. The van der Waals surface area contributed by atoms with Crippen molar-refractivity contribution in [3.05, 3.63) is 62.0 Å². The molecule has 0 amide bonds. The summed E-state index contributed by atoms with van der Waals surface area (Å²) in [6.45, 7) is 0.286. The van der Waals surface area contributed by atoms with E-state index in [0.29, 0.717) is 25.8 Å². The average molecular weight is 357 g/mol. The fourth-order valence-electron chi connectivity index (χ4n) is 1.56. The molecular weight excluding hydrogens is 349 g/mol. The summed E-state index contributed by atoms with van der Waals surface area (Å²) in [5.41, 5.74) is 1.24. The normalized spacial score (nSPS) is 10.0. The lowest BCUT2D eigenvalue weighted by Crippen LogP contribution is -1.99. The molecule has 0 aliphatic rings. The van der Waals surface area contributed by atoms with Gasteiger partial charge in [-0.25, -0.2) is 0 Å². The highest BCUT2D eigenvalue weighted by molar-refractivity contribution is 9.10. The number of ether oxygens (including phenoxy) is 1. The van der Waals surface area contributed by atoms with E-state index < -0.39 is 0 Å². The zero-order chi connectivity index (χ0) is 13.8. The first-order chi connectivity index (χ1) is 9.11. The zero-order valence-electron chi connectivity index (χ0n) is 9.66. The third-order valence-corrected chi connectivity index (χ3v) is 3.63. The van der Waals surface area contributed by atoms with Gasteiger partial charge in [0.1, 0.15) is 12.7 Å². The van der Waals surface area contributed by atoms with Crippen molar-refractivity contribution in [1.29, 1.82) is 5.26 Å². The van der Waals surface area contributed by atoms with Gasteiger partial charge in [-0.3, -0.25) is 0 Å². The van der Waals surface area contributed by atoms with Gasteiger partial charge in [-0.05, 0) is 34.1 Å². The smallest absolute Gasteiger partial charge is 0.151 e. The molecule has 2 rings (SSSR count). The van der Waals surface area contributed by atoms with E-state index in [4.69, 9.17) is 33.2 Å². The van der Waals surface area contributed by atoms with Crippen LogP contribution in [0.3, 0.4) is 0 Å². The van der Waals surface area contributed by atoms with Gasteiger partial charge in [-0.2, -0.15) is 5.26 Å². The molecule has 2 aromatic carbocycles. The lowest BCUT2D eigenvalue weighted by molar-refractivity contribution is 0.303. The number of rotatable bonds is 3. The fraction of sp³-hybridized carbons (Fsp3) is 0.0714.